The molecular formula is C14H19N3O3. The first-order valence-corrected chi connectivity index (χ1v) is 6.56. The van der Waals surface area contributed by atoms with E-state index in [-0.39, 0.29) is 30.3 Å². The number of nitrogens with zero attached hydrogens (tertiary/aromatic N) is 2. The van der Waals surface area contributed by atoms with Crippen molar-refractivity contribution in [2.45, 2.75) is 13.0 Å². The zero-order valence-electron chi connectivity index (χ0n) is 11.7. The van der Waals surface area contributed by atoms with Gasteiger partial charge in [0.1, 0.15) is 12.3 Å². The molecule has 0 spiro atoms. The second-order valence-electron chi connectivity index (χ2n) is 4.97. The van der Waals surface area contributed by atoms with Crippen LogP contribution in [0, 0.1) is 0 Å². The molecule has 1 aromatic carbocycles. The van der Waals surface area contributed by atoms with Crippen LogP contribution in [-0.4, -0.2) is 53.5 Å². The summed E-state index contributed by atoms with van der Waals surface area (Å²) in [6, 6.07) is 6.43. The Labute approximate surface area is 118 Å². The van der Waals surface area contributed by atoms with Crippen LogP contribution in [0.5, 0.6) is 5.75 Å². The lowest BCUT2D eigenvalue weighted by atomic mass is 10.1. The van der Waals surface area contributed by atoms with Crippen LogP contribution in [0.15, 0.2) is 24.3 Å². The topological polar surface area (TPSA) is 72.9 Å². The van der Waals surface area contributed by atoms with Gasteiger partial charge in [0.25, 0.3) is 0 Å². The summed E-state index contributed by atoms with van der Waals surface area (Å²) in [5, 5.41) is 12.5. The van der Waals surface area contributed by atoms with Crippen molar-refractivity contribution >= 4 is 11.9 Å². The molecule has 0 aliphatic carbocycles. The zero-order chi connectivity index (χ0) is 14.7. The van der Waals surface area contributed by atoms with Gasteiger partial charge in [-0.25, -0.2) is 4.79 Å². The molecule has 6 nitrogen and oxygen atoms in total. The summed E-state index contributed by atoms with van der Waals surface area (Å²) in [6.07, 6.45) is 0. The number of carbonyl (C=O) groups excluding carboxylic acids is 2. The average Bonchev–Trinajstić information content (AvgIpc) is 2.71. The molecule has 1 aliphatic heterocycles. The standard InChI is InChI=1S/C14H19N3O3/c1-10(11-5-3-4-6-12(11)18)15-13(19)9-17-8-7-16(2)14(17)20/h3-6,10,18H,7-9H2,1-2H3,(H,15,19)/t10-/m0/s1. The van der Waals surface area contributed by atoms with Gasteiger partial charge in [-0.3, -0.25) is 4.79 Å². The maximum absolute atomic E-state index is 11.9. The number of benzene rings is 1. The fourth-order valence-corrected chi connectivity index (χ4v) is 2.24. The molecule has 108 valence electrons. The fraction of sp³-hybridized carbons (Fsp3) is 0.429. The number of para-hydroxylation sites is 1. The van der Waals surface area contributed by atoms with E-state index in [1.165, 1.54) is 4.90 Å². The predicted molar refractivity (Wildman–Crippen MR) is 74.3 cm³/mol. The molecule has 0 aromatic heterocycles. The van der Waals surface area contributed by atoms with Crippen LogP contribution in [0.4, 0.5) is 4.79 Å². The van der Waals surface area contributed by atoms with E-state index >= 15 is 0 Å². The molecule has 3 amide bonds. The molecule has 2 rings (SSSR count). The summed E-state index contributed by atoms with van der Waals surface area (Å²) in [6.45, 7) is 3.04. The molecule has 0 bridgehead atoms. The van der Waals surface area contributed by atoms with Crippen molar-refractivity contribution in [2.24, 2.45) is 0 Å². The van der Waals surface area contributed by atoms with Gasteiger partial charge >= 0.3 is 6.03 Å². The van der Waals surface area contributed by atoms with Gasteiger partial charge in [0, 0.05) is 25.7 Å². The first kappa shape index (κ1) is 14.2. The lowest BCUT2D eigenvalue weighted by molar-refractivity contribution is -0.122. The van der Waals surface area contributed by atoms with Crippen LogP contribution < -0.4 is 5.32 Å². The highest BCUT2D eigenvalue weighted by atomic mass is 16.3. The van der Waals surface area contributed by atoms with Crippen LogP contribution in [0.3, 0.4) is 0 Å². The quantitative estimate of drug-likeness (QED) is 0.860. The first-order valence-electron chi connectivity index (χ1n) is 6.56. The Morgan fingerprint density at radius 3 is 2.70 bits per heavy atom. The Hall–Kier alpha value is -2.24. The van der Waals surface area contributed by atoms with E-state index in [0.29, 0.717) is 18.7 Å². The fourth-order valence-electron chi connectivity index (χ4n) is 2.24. The highest BCUT2D eigenvalue weighted by Crippen LogP contribution is 2.22. The third-order valence-electron chi connectivity index (χ3n) is 3.42. The maximum Gasteiger partial charge on any atom is 0.320 e. The lowest BCUT2D eigenvalue weighted by Gasteiger charge is -2.19. The number of nitrogens with one attached hydrogen (secondary N) is 1. The van der Waals surface area contributed by atoms with Crippen LogP contribution in [0.2, 0.25) is 0 Å². The molecule has 2 N–H and O–H groups in total. The van der Waals surface area contributed by atoms with Crippen LogP contribution in [0.1, 0.15) is 18.5 Å². The molecule has 1 fully saturated rings. The van der Waals surface area contributed by atoms with Crippen molar-refractivity contribution in [3.63, 3.8) is 0 Å². The number of amides is 3. The maximum atomic E-state index is 11.9. The Kier molecular flexibility index (Phi) is 4.12. The van der Waals surface area contributed by atoms with E-state index in [1.807, 2.05) is 0 Å². The molecule has 6 heteroatoms. The van der Waals surface area contributed by atoms with E-state index in [0.717, 1.165) is 0 Å². The van der Waals surface area contributed by atoms with Gasteiger partial charge in [-0.05, 0) is 13.0 Å². The number of aromatic hydroxyl groups is 1. The van der Waals surface area contributed by atoms with Crippen LogP contribution in [-0.2, 0) is 4.79 Å². The highest BCUT2D eigenvalue weighted by molar-refractivity contribution is 5.85. The number of likely N-dealkylation sites (N-methyl/N-ethyl adjacent to an activating group) is 1. The summed E-state index contributed by atoms with van der Waals surface area (Å²) >= 11 is 0. The van der Waals surface area contributed by atoms with Gasteiger partial charge in [0.2, 0.25) is 5.91 Å². The van der Waals surface area contributed by atoms with Crippen molar-refractivity contribution in [2.75, 3.05) is 26.7 Å². The van der Waals surface area contributed by atoms with Gasteiger partial charge < -0.3 is 20.2 Å². The second kappa shape index (κ2) is 5.81. The van der Waals surface area contributed by atoms with Crippen LogP contribution in [0.25, 0.3) is 0 Å². The number of hydrogen-bond acceptors (Lipinski definition) is 3. The SMILES string of the molecule is C[C@H](NC(=O)CN1CCN(C)C1=O)c1ccccc1O. The molecule has 1 aromatic rings. The highest BCUT2D eigenvalue weighted by Gasteiger charge is 2.27. The lowest BCUT2D eigenvalue weighted by Crippen LogP contribution is -2.40. The van der Waals surface area contributed by atoms with Gasteiger partial charge in [0.15, 0.2) is 0 Å². The minimum Gasteiger partial charge on any atom is -0.508 e. The number of carbonyl (C=O) groups is 2. The monoisotopic (exact) mass is 277 g/mol. The summed E-state index contributed by atoms with van der Waals surface area (Å²) in [5.41, 5.74) is 0.658. The van der Waals surface area contributed by atoms with E-state index in [2.05, 4.69) is 5.32 Å². The average molecular weight is 277 g/mol. The number of phenols is 1. The van der Waals surface area contributed by atoms with Crippen LogP contribution >= 0.6 is 0 Å². The van der Waals surface area contributed by atoms with E-state index in [9.17, 15) is 14.7 Å². The van der Waals surface area contributed by atoms with Crippen molar-refractivity contribution in [3.05, 3.63) is 29.8 Å². The van der Waals surface area contributed by atoms with E-state index in [4.69, 9.17) is 0 Å². The summed E-state index contributed by atoms with van der Waals surface area (Å²) in [7, 11) is 1.71. The number of urea groups is 1. The van der Waals surface area contributed by atoms with Gasteiger partial charge in [-0.2, -0.15) is 0 Å². The minimum absolute atomic E-state index is 0.0428. The molecule has 1 heterocycles. The third kappa shape index (κ3) is 3.01. The summed E-state index contributed by atoms with van der Waals surface area (Å²) < 4.78 is 0. The molecule has 1 saturated heterocycles. The van der Waals surface area contributed by atoms with E-state index in [1.54, 1.807) is 43.1 Å². The Balaban J connectivity index is 1.92. The van der Waals surface area contributed by atoms with Gasteiger partial charge in [0.05, 0.1) is 6.04 Å². The zero-order valence-corrected chi connectivity index (χ0v) is 11.7. The molecule has 1 atom stereocenters. The number of hydrogen-bond donors (Lipinski definition) is 2. The van der Waals surface area contributed by atoms with E-state index < -0.39 is 0 Å². The molecular weight excluding hydrogens is 258 g/mol. The Bertz CT molecular complexity index is 518. The predicted octanol–water partition coefficient (Wildman–Crippen LogP) is 0.937. The number of phenolic OH excluding ortho intramolecular Hbond substituents is 1. The molecule has 0 unspecified atom stereocenters. The first-order chi connectivity index (χ1) is 9.49. The van der Waals surface area contributed by atoms with Crippen molar-refractivity contribution in [1.82, 2.24) is 15.1 Å². The van der Waals surface area contributed by atoms with Crippen molar-refractivity contribution < 1.29 is 14.7 Å². The summed E-state index contributed by atoms with van der Waals surface area (Å²) in [5.74, 6) is -0.0818. The molecule has 0 radical (unpaired) electrons. The normalized spacial score (nSPS) is 16.4. The largest absolute Gasteiger partial charge is 0.508 e. The van der Waals surface area contributed by atoms with Gasteiger partial charge in [-0.1, -0.05) is 18.2 Å². The number of rotatable bonds is 4. The van der Waals surface area contributed by atoms with Crippen molar-refractivity contribution in [3.8, 4) is 5.75 Å². The third-order valence-corrected chi connectivity index (χ3v) is 3.42. The Morgan fingerprint density at radius 2 is 2.10 bits per heavy atom. The molecule has 20 heavy (non-hydrogen) atoms. The minimum atomic E-state index is -0.306. The smallest absolute Gasteiger partial charge is 0.320 e. The van der Waals surface area contributed by atoms with Gasteiger partial charge in [-0.15, -0.1) is 0 Å². The molecule has 0 saturated carbocycles. The van der Waals surface area contributed by atoms with Crippen molar-refractivity contribution in [1.29, 1.82) is 0 Å². The Morgan fingerprint density at radius 1 is 1.40 bits per heavy atom. The molecule has 1 aliphatic rings. The summed E-state index contributed by atoms with van der Waals surface area (Å²) in [4.78, 5) is 26.7. The second-order valence-corrected chi connectivity index (χ2v) is 4.97.